The molecule has 0 aromatic rings. The fraction of sp³-hybridized carbons (Fsp3) is 0.846. The van der Waals surface area contributed by atoms with Gasteiger partial charge in [0.15, 0.2) is 0 Å². The van der Waals surface area contributed by atoms with Gasteiger partial charge in [-0.15, -0.1) is 0 Å². The number of amides is 1. The Morgan fingerprint density at radius 3 is 2.44 bits per heavy atom. The molecule has 0 bridgehead atoms. The Hall–Kier alpha value is -1.10. The molecule has 1 N–H and O–H groups in total. The summed E-state index contributed by atoms with van der Waals surface area (Å²) >= 11 is 0. The summed E-state index contributed by atoms with van der Waals surface area (Å²) < 4.78 is 4.82. The second-order valence-electron chi connectivity index (χ2n) is 4.64. The van der Waals surface area contributed by atoms with Crippen LogP contribution in [-0.4, -0.2) is 50.6 Å². The first-order valence-corrected chi connectivity index (χ1v) is 6.47. The van der Waals surface area contributed by atoms with Crippen molar-refractivity contribution in [1.82, 2.24) is 10.2 Å². The molecule has 0 saturated heterocycles. The lowest BCUT2D eigenvalue weighted by molar-refractivity contribution is -0.147. The molecular formula is C13H26N2O3. The van der Waals surface area contributed by atoms with Crippen molar-refractivity contribution in [3.8, 4) is 0 Å². The molecule has 2 unspecified atom stereocenters. The summed E-state index contributed by atoms with van der Waals surface area (Å²) in [6.45, 7) is 4.48. The highest BCUT2D eigenvalue weighted by molar-refractivity contribution is 5.78. The molecule has 106 valence electrons. The van der Waals surface area contributed by atoms with Crippen molar-refractivity contribution < 1.29 is 14.3 Å². The average molecular weight is 258 g/mol. The summed E-state index contributed by atoms with van der Waals surface area (Å²) in [5, 5.41) is 2.61. The third-order valence-corrected chi connectivity index (χ3v) is 3.09. The highest BCUT2D eigenvalue weighted by atomic mass is 16.5. The molecule has 0 radical (unpaired) electrons. The predicted molar refractivity (Wildman–Crippen MR) is 71.2 cm³/mol. The number of carbonyl (C=O) groups is 2. The number of ether oxygens (including phenoxy) is 1. The van der Waals surface area contributed by atoms with E-state index in [1.54, 1.807) is 7.05 Å². The number of hydrogen-bond acceptors (Lipinski definition) is 4. The van der Waals surface area contributed by atoms with Crippen LogP contribution in [0.2, 0.25) is 0 Å². The van der Waals surface area contributed by atoms with Crippen LogP contribution in [0.15, 0.2) is 0 Å². The second-order valence-corrected chi connectivity index (χ2v) is 4.64. The van der Waals surface area contributed by atoms with E-state index in [9.17, 15) is 9.59 Å². The molecule has 5 nitrogen and oxygen atoms in total. The number of unbranched alkanes of at least 4 members (excludes halogenated alkanes) is 1. The molecule has 0 rings (SSSR count). The molecule has 0 fully saturated rings. The highest BCUT2D eigenvalue weighted by Gasteiger charge is 2.25. The normalized spacial score (nSPS) is 14.1. The first-order valence-electron chi connectivity index (χ1n) is 6.47. The third-order valence-electron chi connectivity index (χ3n) is 3.09. The summed E-state index contributed by atoms with van der Waals surface area (Å²) in [7, 11) is 4.88. The lowest BCUT2D eigenvalue weighted by atomic mass is 10.1. The number of nitrogens with one attached hydrogen (secondary N) is 1. The van der Waals surface area contributed by atoms with Crippen molar-refractivity contribution in [2.24, 2.45) is 5.92 Å². The maximum Gasteiger partial charge on any atom is 0.323 e. The van der Waals surface area contributed by atoms with E-state index in [-0.39, 0.29) is 23.8 Å². The molecule has 1 amide bonds. The van der Waals surface area contributed by atoms with E-state index in [1.165, 1.54) is 7.11 Å². The quantitative estimate of drug-likeness (QED) is 0.661. The van der Waals surface area contributed by atoms with Crippen molar-refractivity contribution in [3.63, 3.8) is 0 Å². The van der Waals surface area contributed by atoms with Gasteiger partial charge < -0.3 is 10.1 Å². The lowest BCUT2D eigenvalue weighted by Crippen LogP contribution is -2.44. The zero-order valence-corrected chi connectivity index (χ0v) is 12.2. The largest absolute Gasteiger partial charge is 0.468 e. The standard InChI is InChI=1S/C13H26N2O3/c1-6-7-8-11(13(17)18-5)15(4)9-10(2)12(16)14-3/h10-11H,6-9H2,1-5H3,(H,14,16). The van der Waals surface area contributed by atoms with Crippen LogP contribution in [0, 0.1) is 5.92 Å². The molecule has 0 aliphatic heterocycles. The Balaban J connectivity index is 4.49. The highest BCUT2D eigenvalue weighted by Crippen LogP contribution is 2.11. The van der Waals surface area contributed by atoms with Gasteiger partial charge in [0.05, 0.1) is 7.11 Å². The zero-order chi connectivity index (χ0) is 14.1. The number of methoxy groups -OCH3 is 1. The van der Waals surface area contributed by atoms with Crippen LogP contribution in [0.5, 0.6) is 0 Å². The van der Waals surface area contributed by atoms with Gasteiger partial charge in [0.2, 0.25) is 5.91 Å². The van der Waals surface area contributed by atoms with Crippen LogP contribution in [0.3, 0.4) is 0 Å². The molecule has 18 heavy (non-hydrogen) atoms. The van der Waals surface area contributed by atoms with Gasteiger partial charge in [-0.3, -0.25) is 14.5 Å². The van der Waals surface area contributed by atoms with Crippen molar-refractivity contribution in [2.75, 3.05) is 27.7 Å². The van der Waals surface area contributed by atoms with Gasteiger partial charge in [-0.2, -0.15) is 0 Å². The van der Waals surface area contributed by atoms with Gasteiger partial charge in [-0.05, 0) is 13.5 Å². The molecule has 0 spiro atoms. The summed E-state index contributed by atoms with van der Waals surface area (Å²) in [5.74, 6) is -0.384. The van der Waals surface area contributed by atoms with Crippen LogP contribution in [0.4, 0.5) is 0 Å². The molecule has 0 aliphatic rings. The number of hydrogen-bond donors (Lipinski definition) is 1. The van der Waals surface area contributed by atoms with Crippen molar-refractivity contribution in [1.29, 1.82) is 0 Å². The SMILES string of the molecule is CCCCC(C(=O)OC)N(C)CC(C)C(=O)NC. The molecular weight excluding hydrogens is 232 g/mol. The maximum atomic E-state index is 11.7. The van der Waals surface area contributed by atoms with Gasteiger partial charge in [0.25, 0.3) is 0 Å². The van der Waals surface area contributed by atoms with Gasteiger partial charge in [0, 0.05) is 19.5 Å². The molecule has 0 aliphatic carbocycles. The van der Waals surface area contributed by atoms with E-state index in [1.807, 2.05) is 18.9 Å². The number of esters is 1. The van der Waals surface area contributed by atoms with E-state index >= 15 is 0 Å². The predicted octanol–water partition coefficient (Wildman–Crippen LogP) is 1.03. The summed E-state index contributed by atoms with van der Waals surface area (Å²) in [6.07, 6.45) is 2.77. The molecule has 2 atom stereocenters. The molecule has 0 heterocycles. The monoisotopic (exact) mass is 258 g/mol. The van der Waals surface area contributed by atoms with E-state index in [2.05, 4.69) is 12.2 Å². The van der Waals surface area contributed by atoms with Crippen LogP contribution < -0.4 is 5.32 Å². The number of carbonyl (C=O) groups excluding carboxylic acids is 2. The minimum atomic E-state index is -0.262. The van der Waals surface area contributed by atoms with Crippen LogP contribution in [-0.2, 0) is 14.3 Å². The first kappa shape index (κ1) is 16.9. The third kappa shape index (κ3) is 5.49. The number of likely N-dealkylation sites (N-methyl/N-ethyl adjacent to an activating group) is 1. The van der Waals surface area contributed by atoms with Crippen LogP contribution in [0.25, 0.3) is 0 Å². The second kappa shape index (κ2) is 8.91. The minimum Gasteiger partial charge on any atom is -0.468 e. The molecule has 0 saturated carbocycles. The van der Waals surface area contributed by atoms with Gasteiger partial charge in [0.1, 0.15) is 6.04 Å². The van der Waals surface area contributed by atoms with Crippen LogP contribution >= 0.6 is 0 Å². The van der Waals surface area contributed by atoms with Gasteiger partial charge >= 0.3 is 5.97 Å². The topological polar surface area (TPSA) is 58.6 Å². The van der Waals surface area contributed by atoms with E-state index in [0.29, 0.717) is 6.54 Å². The van der Waals surface area contributed by atoms with E-state index < -0.39 is 0 Å². The van der Waals surface area contributed by atoms with E-state index in [4.69, 9.17) is 4.74 Å². The fourth-order valence-electron chi connectivity index (χ4n) is 1.94. The summed E-state index contributed by atoms with van der Waals surface area (Å²) in [5.41, 5.74) is 0. The Labute approximate surface area is 110 Å². The first-order chi connectivity index (χ1) is 8.47. The molecule has 0 aromatic carbocycles. The van der Waals surface area contributed by atoms with Crippen molar-refractivity contribution in [2.45, 2.75) is 39.2 Å². The Morgan fingerprint density at radius 2 is 2.00 bits per heavy atom. The Kier molecular flexibility index (Phi) is 8.37. The van der Waals surface area contributed by atoms with Gasteiger partial charge in [-0.25, -0.2) is 0 Å². The lowest BCUT2D eigenvalue weighted by Gasteiger charge is -2.27. The fourth-order valence-corrected chi connectivity index (χ4v) is 1.94. The Morgan fingerprint density at radius 1 is 1.39 bits per heavy atom. The number of nitrogens with zero attached hydrogens (tertiary/aromatic N) is 1. The van der Waals surface area contributed by atoms with Crippen molar-refractivity contribution in [3.05, 3.63) is 0 Å². The van der Waals surface area contributed by atoms with Crippen LogP contribution in [0.1, 0.15) is 33.1 Å². The zero-order valence-electron chi connectivity index (χ0n) is 12.2. The van der Waals surface area contributed by atoms with Crippen molar-refractivity contribution >= 4 is 11.9 Å². The summed E-state index contributed by atoms with van der Waals surface area (Å²) in [6, 6.07) is -0.262. The smallest absolute Gasteiger partial charge is 0.323 e. The minimum absolute atomic E-state index is 0.0130. The average Bonchev–Trinajstić information content (AvgIpc) is 2.37. The van der Waals surface area contributed by atoms with Gasteiger partial charge in [-0.1, -0.05) is 26.7 Å². The maximum absolute atomic E-state index is 11.7. The molecule has 0 aromatic heterocycles. The van der Waals surface area contributed by atoms with E-state index in [0.717, 1.165) is 19.3 Å². The molecule has 5 heteroatoms. The summed E-state index contributed by atoms with van der Waals surface area (Å²) in [4.78, 5) is 25.1. The Bertz CT molecular complexity index is 269. The number of rotatable bonds is 8.